The van der Waals surface area contributed by atoms with E-state index in [1.807, 2.05) is 31.2 Å². The second-order valence-corrected chi connectivity index (χ2v) is 6.25. The van der Waals surface area contributed by atoms with E-state index >= 15 is 0 Å². The number of amides is 3. The number of esters is 1. The summed E-state index contributed by atoms with van der Waals surface area (Å²) in [6, 6.07) is 7.29. The van der Waals surface area contributed by atoms with Gasteiger partial charge in [-0.15, -0.1) is 0 Å². The van der Waals surface area contributed by atoms with Gasteiger partial charge in [0.1, 0.15) is 0 Å². The van der Waals surface area contributed by atoms with Crippen molar-refractivity contribution in [3.63, 3.8) is 0 Å². The minimum Gasteiger partial charge on any atom is -0.466 e. The van der Waals surface area contributed by atoms with Gasteiger partial charge in [-0.2, -0.15) is 0 Å². The van der Waals surface area contributed by atoms with Crippen LogP contribution in [-0.4, -0.2) is 36.0 Å². The second-order valence-electron chi connectivity index (χ2n) is 6.25. The normalized spacial score (nSPS) is 14.6. The molecule has 1 aliphatic rings. The maximum absolute atomic E-state index is 12.4. The first-order valence-electron chi connectivity index (χ1n) is 8.16. The third-order valence-corrected chi connectivity index (χ3v) is 4.21. The average molecular weight is 332 g/mol. The summed E-state index contributed by atoms with van der Waals surface area (Å²) in [6.45, 7) is 5.75. The molecule has 1 fully saturated rings. The molecule has 1 aliphatic carbocycles. The van der Waals surface area contributed by atoms with E-state index in [1.54, 1.807) is 6.92 Å². The fraction of sp³-hybridized carbons (Fsp3) is 0.500. The van der Waals surface area contributed by atoms with Crippen LogP contribution in [0.1, 0.15) is 37.8 Å². The lowest BCUT2D eigenvalue weighted by Gasteiger charge is -2.24. The molecule has 0 aromatic heterocycles. The molecule has 0 saturated heterocycles. The number of nitrogens with zero attached hydrogens (tertiary/aromatic N) is 1. The summed E-state index contributed by atoms with van der Waals surface area (Å²) in [5, 5.41) is 2.74. The summed E-state index contributed by atoms with van der Waals surface area (Å²) in [5.41, 5.74) is 1.37. The highest BCUT2D eigenvalue weighted by Crippen LogP contribution is 2.47. The van der Waals surface area contributed by atoms with Crippen molar-refractivity contribution in [1.29, 1.82) is 0 Å². The van der Waals surface area contributed by atoms with E-state index in [0.717, 1.165) is 16.0 Å². The van der Waals surface area contributed by atoms with Gasteiger partial charge in [0, 0.05) is 20.0 Å². The highest BCUT2D eigenvalue weighted by atomic mass is 16.5. The van der Waals surface area contributed by atoms with Crippen LogP contribution in [0.5, 0.6) is 0 Å². The Kier molecular flexibility index (Phi) is 5.59. The zero-order valence-electron chi connectivity index (χ0n) is 14.4. The fourth-order valence-electron chi connectivity index (χ4n) is 2.47. The van der Waals surface area contributed by atoms with Crippen LogP contribution in [0.25, 0.3) is 0 Å². The molecular weight excluding hydrogens is 308 g/mol. The SMILES string of the molecule is CCOC(=O)C1(CN(C(C)=O)C(=O)NCc2ccc(C)cc2)CC1. The van der Waals surface area contributed by atoms with Crippen LogP contribution in [0.4, 0.5) is 4.79 Å². The number of imide groups is 1. The van der Waals surface area contributed by atoms with Crippen LogP contribution in [0, 0.1) is 12.3 Å². The van der Waals surface area contributed by atoms with Crippen molar-refractivity contribution >= 4 is 17.9 Å². The first kappa shape index (κ1) is 18.0. The molecule has 2 rings (SSSR count). The van der Waals surface area contributed by atoms with Crippen molar-refractivity contribution in [3.8, 4) is 0 Å². The third-order valence-electron chi connectivity index (χ3n) is 4.21. The van der Waals surface area contributed by atoms with Crippen molar-refractivity contribution in [2.24, 2.45) is 5.41 Å². The molecule has 3 amide bonds. The van der Waals surface area contributed by atoms with E-state index in [1.165, 1.54) is 6.92 Å². The zero-order valence-corrected chi connectivity index (χ0v) is 14.4. The Labute approximate surface area is 142 Å². The molecule has 0 bridgehead atoms. The topological polar surface area (TPSA) is 75.7 Å². The number of carbonyl (C=O) groups is 3. The fourth-order valence-corrected chi connectivity index (χ4v) is 2.47. The van der Waals surface area contributed by atoms with Gasteiger partial charge in [-0.25, -0.2) is 4.79 Å². The largest absolute Gasteiger partial charge is 0.466 e. The van der Waals surface area contributed by atoms with Crippen LogP contribution in [0.2, 0.25) is 0 Å². The predicted molar refractivity (Wildman–Crippen MR) is 89.1 cm³/mol. The number of benzene rings is 1. The van der Waals surface area contributed by atoms with E-state index in [4.69, 9.17) is 4.74 Å². The molecular formula is C18H24N2O4. The summed E-state index contributed by atoms with van der Waals surface area (Å²) in [7, 11) is 0. The standard InChI is InChI=1S/C18H24N2O4/c1-4-24-16(22)18(9-10-18)12-20(14(3)21)17(23)19-11-15-7-5-13(2)6-8-15/h5-8H,4,9-12H2,1-3H3,(H,19,23). The Balaban J connectivity index is 1.97. The van der Waals surface area contributed by atoms with Crippen LogP contribution in [-0.2, 0) is 20.9 Å². The summed E-state index contributed by atoms with van der Waals surface area (Å²) in [6.07, 6.45) is 1.28. The summed E-state index contributed by atoms with van der Waals surface area (Å²) in [5.74, 6) is -0.713. The van der Waals surface area contributed by atoms with Gasteiger partial charge in [-0.3, -0.25) is 14.5 Å². The lowest BCUT2D eigenvalue weighted by Crippen LogP contribution is -2.47. The molecule has 0 heterocycles. The van der Waals surface area contributed by atoms with Gasteiger partial charge in [-0.1, -0.05) is 29.8 Å². The van der Waals surface area contributed by atoms with Crippen LogP contribution in [0.3, 0.4) is 0 Å². The molecule has 0 atom stereocenters. The molecule has 0 spiro atoms. The maximum atomic E-state index is 12.4. The first-order valence-corrected chi connectivity index (χ1v) is 8.16. The Morgan fingerprint density at radius 3 is 2.33 bits per heavy atom. The Morgan fingerprint density at radius 2 is 1.83 bits per heavy atom. The summed E-state index contributed by atoms with van der Waals surface area (Å²) < 4.78 is 5.06. The third kappa shape index (κ3) is 4.34. The molecule has 6 nitrogen and oxygen atoms in total. The van der Waals surface area contributed by atoms with Crippen LogP contribution < -0.4 is 5.32 Å². The number of nitrogens with one attached hydrogen (secondary N) is 1. The Bertz CT molecular complexity index is 620. The van der Waals surface area contributed by atoms with Gasteiger partial charge in [-0.05, 0) is 32.3 Å². The lowest BCUT2D eigenvalue weighted by atomic mass is 10.1. The zero-order chi connectivity index (χ0) is 17.7. The lowest BCUT2D eigenvalue weighted by molar-refractivity contribution is -0.150. The average Bonchev–Trinajstić information content (AvgIpc) is 3.33. The molecule has 0 radical (unpaired) electrons. The highest BCUT2D eigenvalue weighted by Gasteiger charge is 2.53. The molecule has 1 N–H and O–H groups in total. The van der Waals surface area contributed by atoms with Gasteiger partial charge in [0.05, 0.1) is 12.0 Å². The number of aryl methyl sites for hydroxylation is 1. The van der Waals surface area contributed by atoms with Gasteiger partial charge < -0.3 is 10.1 Å². The van der Waals surface area contributed by atoms with E-state index < -0.39 is 11.4 Å². The van der Waals surface area contributed by atoms with E-state index in [-0.39, 0.29) is 18.4 Å². The maximum Gasteiger partial charge on any atom is 0.324 e. The van der Waals surface area contributed by atoms with Crippen molar-refractivity contribution in [2.75, 3.05) is 13.2 Å². The van der Waals surface area contributed by atoms with E-state index in [0.29, 0.717) is 26.0 Å². The molecule has 24 heavy (non-hydrogen) atoms. The molecule has 0 aliphatic heterocycles. The first-order chi connectivity index (χ1) is 11.4. The van der Waals surface area contributed by atoms with Crippen molar-refractivity contribution in [3.05, 3.63) is 35.4 Å². The monoisotopic (exact) mass is 332 g/mol. The number of carbonyl (C=O) groups excluding carboxylic acids is 3. The molecule has 0 unspecified atom stereocenters. The number of rotatable bonds is 6. The molecule has 1 saturated carbocycles. The van der Waals surface area contributed by atoms with Crippen molar-refractivity contribution < 1.29 is 19.1 Å². The van der Waals surface area contributed by atoms with Gasteiger partial charge >= 0.3 is 12.0 Å². The molecule has 1 aromatic carbocycles. The number of hydrogen-bond donors (Lipinski definition) is 1. The smallest absolute Gasteiger partial charge is 0.324 e. The highest BCUT2D eigenvalue weighted by molar-refractivity contribution is 5.94. The molecule has 6 heteroatoms. The second kappa shape index (κ2) is 7.47. The van der Waals surface area contributed by atoms with Gasteiger partial charge in [0.25, 0.3) is 0 Å². The Hall–Kier alpha value is -2.37. The number of ether oxygens (including phenoxy) is 1. The predicted octanol–water partition coefficient (Wildman–Crippen LogP) is 2.40. The summed E-state index contributed by atoms with van der Waals surface area (Å²) in [4.78, 5) is 37.3. The molecule has 130 valence electrons. The van der Waals surface area contributed by atoms with Crippen molar-refractivity contribution in [2.45, 2.75) is 40.2 Å². The van der Waals surface area contributed by atoms with Crippen molar-refractivity contribution in [1.82, 2.24) is 10.2 Å². The van der Waals surface area contributed by atoms with E-state index in [2.05, 4.69) is 5.32 Å². The van der Waals surface area contributed by atoms with Crippen LogP contribution >= 0.6 is 0 Å². The van der Waals surface area contributed by atoms with Gasteiger partial charge in [0.15, 0.2) is 0 Å². The quantitative estimate of drug-likeness (QED) is 0.812. The molecule has 1 aromatic rings. The van der Waals surface area contributed by atoms with Gasteiger partial charge in [0.2, 0.25) is 5.91 Å². The minimum atomic E-state index is -0.719. The van der Waals surface area contributed by atoms with Crippen LogP contribution in [0.15, 0.2) is 24.3 Å². The number of hydrogen-bond acceptors (Lipinski definition) is 4. The van der Waals surface area contributed by atoms with E-state index in [9.17, 15) is 14.4 Å². The number of urea groups is 1. The summed E-state index contributed by atoms with van der Waals surface area (Å²) >= 11 is 0. The Morgan fingerprint density at radius 1 is 1.21 bits per heavy atom. The minimum absolute atomic E-state index is 0.0703.